The third kappa shape index (κ3) is 5.87. The first-order valence-electron chi connectivity index (χ1n) is 21.4. The van der Waals surface area contributed by atoms with Crippen molar-refractivity contribution in [2.24, 2.45) is 4.99 Å². The molecule has 0 aliphatic carbocycles. The molecule has 4 heterocycles. The van der Waals surface area contributed by atoms with Crippen LogP contribution in [-0.2, 0) is 0 Å². The second kappa shape index (κ2) is 14.2. The number of nitrogens with one attached hydrogen (secondary N) is 2. The SMILES string of the molecule is c1ccc(C2N=C(c3ccc4c(c3)oc3ccccc34)NC(c3cccc4oc5ccc(-c6cccc(-c7ccc8c(c7)c7ccccc7n8-c7ccccc7)c6)cc5c34)N2)cc1. The molecule has 0 bridgehead atoms. The predicted octanol–water partition coefficient (Wildman–Crippen LogP) is 14.3. The van der Waals surface area contributed by atoms with Gasteiger partial charge in [-0.15, -0.1) is 0 Å². The number of benzene rings is 9. The van der Waals surface area contributed by atoms with E-state index in [1.54, 1.807) is 0 Å². The first-order chi connectivity index (χ1) is 31.2. The largest absolute Gasteiger partial charge is 0.456 e. The maximum atomic E-state index is 6.58. The Labute approximate surface area is 362 Å². The Bertz CT molecular complexity index is 3770. The molecule has 13 rings (SSSR count). The summed E-state index contributed by atoms with van der Waals surface area (Å²) in [5.74, 6) is 0.792. The molecule has 6 heteroatoms. The number of hydrogen-bond donors (Lipinski definition) is 2. The maximum Gasteiger partial charge on any atom is 0.136 e. The van der Waals surface area contributed by atoms with E-state index >= 15 is 0 Å². The average Bonchev–Trinajstić information content (AvgIpc) is 4.03. The van der Waals surface area contributed by atoms with Crippen molar-refractivity contribution in [3.8, 4) is 27.9 Å². The molecule has 6 nitrogen and oxygen atoms in total. The number of furan rings is 2. The monoisotopic (exact) mass is 810 g/mol. The number of aromatic nitrogens is 1. The summed E-state index contributed by atoms with van der Waals surface area (Å²) in [5, 5.41) is 14.4. The average molecular weight is 811 g/mol. The minimum absolute atomic E-state index is 0.284. The van der Waals surface area contributed by atoms with Gasteiger partial charge in [0.25, 0.3) is 0 Å². The molecule has 1 aliphatic rings. The van der Waals surface area contributed by atoms with Gasteiger partial charge in [-0.05, 0) is 101 Å². The van der Waals surface area contributed by atoms with E-state index < -0.39 is 0 Å². The van der Waals surface area contributed by atoms with E-state index in [0.717, 1.165) is 83.2 Å². The highest BCUT2D eigenvalue weighted by atomic mass is 16.3. The van der Waals surface area contributed by atoms with Crippen molar-refractivity contribution in [2.75, 3.05) is 0 Å². The molecular formula is C57H38N4O2. The molecule has 1 aliphatic heterocycles. The van der Waals surface area contributed by atoms with Gasteiger partial charge >= 0.3 is 0 Å². The zero-order chi connectivity index (χ0) is 41.4. The molecule has 3 aromatic heterocycles. The van der Waals surface area contributed by atoms with E-state index in [1.165, 1.54) is 32.9 Å². The van der Waals surface area contributed by atoms with Gasteiger partial charge in [-0.25, -0.2) is 4.99 Å². The number of para-hydroxylation sites is 3. The predicted molar refractivity (Wildman–Crippen MR) is 257 cm³/mol. The third-order valence-corrected chi connectivity index (χ3v) is 12.7. The van der Waals surface area contributed by atoms with Crippen LogP contribution in [0.4, 0.5) is 0 Å². The highest BCUT2D eigenvalue weighted by Gasteiger charge is 2.28. The van der Waals surface area contributed by atoms with E-state index in [0.29, 0.717) is 0 Å². The van der Waals surface area contributed by atoms with E-state index in [2.05, 4.69) is 197 Å². The number of amidine groups is 1. The fraction of sp³-hybridized carbons (Fsp3) is 0.0351. The van der Waals surface area contributed by atoms with Gasteiger partial charge in [0.05, 0.1) is 11.0 Å². The number of aliphatic imine (C=N–C) groups is 1. The lowest BCUT2D eigenvalue weighted by Gasteiger charge is -2.32. The lowest BCUT2D eigenvalue weighted by atomic mass is 9.96. The van der Waals surface area contributed by atoms with Crippen LogP contribution < -0.4 is 10.6 Å². The van der Waals surface area contributed by atoms with Crippen LogP contribution >= 0.6 is 0 Å². The summed E-state index contributed by atoms with van der Waals surface area (Å²) in [4.78, 5) is 5.25. The summed E-state index contributed by atoms with van der Waals surface area (Å²) in [6, 6.07) is 72.9. The summed E-state index contributed by atoms with van der Waals surface area (Å²) in [6.07, 6.45) is -0.576. The Morgan fingerprint density at radius 2 is 1.03 bits per heavy atom. The first kappa shape index (κ1) is 35.6. The second-order valence-electron chi connectivity index (χ2n) is 16.4. The van der Waals surface area contributed by atoms with Gasteiger partial charge in [0.1, 0.15) is 40.5 Å². The van der Waals surface area contributed by atoms with Crippen molar-refractivity contribution in [3.05, 3.63) is 223 Å². The number of fused-ring (bicyclic) bond motifs is 9. The van der Waals surface area contributed by atoms with Gasteiger partial charge in [-0.1, -0.05) is 133 Å². The van der Waals surface area contributed by atoms with Crippen molar-refractivity contribution >= 4 is 71.5 Å². The number of nitrogens with zero attached hydrogens (tertiary/aromatic N) is 2. The summed E-state index contributed by atoms with van der Waals surface area (Å²) in [5.41, 5.74) is 14.7. The molecule has 2 N–H and O–H groups in total. The highest BCUT2D eigenvalue weighted by molar-refractivity contribution is 6.12. The van der Waals surface area contributed by atoms with Crippen molar-refractivity contribution < 1.29 is 8.83 Å². The Morgan fingerprint density at radius 3 is 1.89 bits per heavy atom. The fourth-order valence-electron chi connectivity index (χ4n) is 9.70. The lowest BCUT2D eigenvalue weighted by molar-refractivity contribution is 0.411. The van der Waals surface area contributed by atoms with Crippen LogP contribution in [-0.4, -0.2) is 10.4 Å². The first-order valence-corrected chi connectivity index (χ1v) is 21.4. The van der Waals surface area contributed by atoms with Crippen molar-refractivity contribution in [2.45, 2.75) is 12.3 Å². The van der Waals surface area contributed by atoms with Gasteiger partial charge in [-0.3, -0.25) is 5.32 Å². The smallest absolute Gasteiger partial charge is 0.136 e. The van der Waals surface area contributed by atoms with Crippen LogP contribution in [0, 0.1) is 0 Å². The highest BCUT2D eigenvalue weighted by Crippen LogP contribution is 2.40. The molecule has 2 unspecified atom stereocenters. The van der Waals surface area contributed by atoms with Crippen LogP contribution in [0.5, 0.6) is 0 Å². The molecule has 0 saturated carbocycles. The second-order valence-corrected chi connectivity index (χ2v) is 16.4. The summed E-state index contributed by atoms with van der Waals surface area (Å²) >= 11 is 0. The normalized spacial score (nSPS) is 15.5. The molecule has 0 saturated heterocycles. The quantitative estimate of drug-likeness (QED) is 0.176. The van der Waals surface area contributed by atoms with Crippen LogP contribution in [0.25, 0.3) is 93.6 Å². The minimum atomic E-state index is -0.292. The Morgan fingerprint density at radius 1 is 0.413 bits per heavy atom. The van der Waals surface area contributed by atoms with Crippen LogP contribution in [0.15, 0.2) is 220 Å². The molecule has 0 radical (unpaired) electrons. The Kier molecular flexibility index (Phi) is 8.01. The third-order valence-electron chi connectivity index (χ3n) is 12.7. The molecular weight excluding hydrogens is 773 g/mol. The topological polar surface area (TPSA) is 67.6 Å². The van der Waals surface area contributed by atoms with Crippen LogP contribution in [0.3, 0.4) is 0 Å². The molecule has 63 heavy (non-hydrogen) atoms. The molecule has 298 valence electrons. The zero-order valence-electron chi connectivity index (χ0n) is 34.0. The number of hydrogen-bond acceptors (Lipinski definition) is 5. The van der Waals surface area contributed by atoms with E-state index in [9.17, 15) is 0 Å². The summed E-state index contributed by atoms with van der Waals surface area (Å²) < 4.78 is 15.3. The molecule has 0 fully saturated rings. The summed E-state index contributed by atoms with van der Waals surface area (Å²) in [7, 11) is 0. The van der Waals surface area contributed by atoms with Gasteiger partial charge in [0.2, 0.25) is 0 Å². The molecule has 0 amide bonds. The van der Waals surface area contributed by atoms with Gasteiger partial charge < -0.3 is 18.7 Å². The standard InChI is InChI=1S/C57H38N4O2/c1-3-13-35(14-4-1)55-58-56(40-25-28-44-43-20-8-10-23-50(43)63-53(44)34-40)60-57(59-55)45-21-12-24-52-54(45)47-33-39(27-30-51(47)62-52)37-16-11-15-36(31-37)38-26-29-49-46(32-38)42-19-7-9-22-48(42)61(49)41-17-5-2-6-18-41/h1-34,55,57,59H,(H,58,60). The zero-order valence-corrected chi connectivity index (χ0v) is 34.0. The van der Waals surface area contributed by atoms with Gasteiger partial charge in [0.15, 0.2) is 0 Å². The van der Waals surface area contributed by atoms with Crippen molar-refractivity contribution in [1.82, 2.24) is 15.2 Å². The molecule has 12 aromatic rings. The molecule has 9 aromatic carbocycles. The lowest BCUT2D eigenvalue weighted by Crippen LogP contribution is -2.45. The van der Waals surface area contributed by atoms with Gasteiger partial charge in [-0.2, -0.15) is 0 Å². The van der Waals surface area contributed by atoms with Crippen LogP contribution in [0.1, 0.15) is 29.0 Å². The van der Waals surface area contributed by atoms with E-state index in [4.69, 9.17) is 13.8 Å². The van der Waals surface area contributed by atoms with Crippen molar-refractivity contribution in [1.29, 1.82) is 0 Å². The van der Waals surface area contributed by atoms with Gasteiger partial charge in [0, 0.05) is 49.1 Å². The summed E-state index contributed by atoms with van der Waals surface area (Å²) in [6.45, 7) is 0. The molecule has 0 spiro atoms. The van der Waals surface area contributed by atoms with E-state index in [1.807, 2.05) is 24.3 Å². The van der Waals surface area contributed by atoms with E-state index in [-0.39, 0.29) is 12.3 Å². The fourth-order valence-corrected chi connectivity index (χ4v) is 9.70. The van der Waals surface area contributed by atoms with Crippen molar-refractivity contribution in [3.63, 3.8) is 0 Å². The van der Waals surface area contributed by atoms with Crippen LogP contribution in [0.2, 0.25) is 0 Å². The minimum Gasteiger partial charge on any atom is -0.456 e. The molecule has 2 atom stereocenters. The Balaban J connectivity index is 0.892. The number of rotatable bonds is 6. The maximum absolute atomic E-state index is 6.58. The Hall–Kier alpha value is -8.19.